The molecule has 4 rings (SSSR count). The molecule has 0 atom stereocenters. The van der Waals surface area contributed by atoms with Gasteiger partial charge in [-0.3, -0.25) is 0 Å². The van der Waals surface area contributed by atoms with Gasteiger partial charge in [0.15, 0.2) is 0 Å². The van der Waals surface area contributed by atoms with E-state index in [1.54, 1.807) is 0 Å². The normalized spacial score (nSPS) is 14.8. The number of rotatable bonds is 3. The summed E-state index contributed by atoms with van der Waals surface area (Å²) in [4.78, 5) is 7.11. The average molecular weight is 339 g/mol. The molecule has 0 radical (unpaired) electrons. The van der Waals surface area contributed by atoms with Crippen LogP contribution in [-0.4, -0.2) is 18.1 Å². The van der Waals surface area contributed by atoms with E-state index in [4.69, 9.17) is 21.0 Å². The molecule has 0 amide bonds. The first kappa shape index (κ1) is 15.3. The highest BCUT2D eigenvalue weighted by Gasteiger charge is 2.23. The van der Waals surface area contributed by atoms with Crippen LogP contribution in [0, 0.1) is 0 Å². The molecule has 1 aliphatic rings. The fourth-order valence-corrected chi connectivity index (χ4v) is 3.34. The highest BCUT2D eigenvalue weighted by atomic mass is 35.5. The molecule has 4 heteroatoms. The summed E-state index contributed by atoms with van der Waals surface area (Å²) in [5, 5.41) is 0.687. The van der Waals surface area contributed by atoms with E-state index in [1.165, 1.54) is 19.3 Å². The van der Waals surface area contributed by atoms with Crippen molar-refractivity contribution in [2.24, 2.45) is 0 Å². The first-order chi connectivity index (χ1) is 11.8. The second-order valence-corrected chi connectivity index (χ2v) is 6.53. The number of piperidine rings is 1. The number of nitrogens with zero attached hydrogens (tertiary/aromatic N) is 2. The molecule has 3 aromatic rings. The lowest BCUT2D eigenvalue weighted by molar-refractivity contribution is 0.505. The molecule has 122 valence electrons. The van der Waals surface area contributed by atoms with Crippen LogP contribution in [0.3, 0.4) is 0 Å². The van der Waals surface area contributed by atoms with Gasteiger partial charge in [0, 0.05) is 29.2 Å². The Morgan fingerprint density at radius 3 is 2.38 bits per heavy atom. The molecule has 0 aliphatic carbocycles. The Morgan fingerprint density at radius 2 is 1.62 bits per heavy atom. The van der Waals surface area contributed by atoms with Crippen LogP contribution in [-0.2, 0) is 0 Å². The van der Waals surface area contributed by atoms with Crippen LogP contribution in [0.5, 0.6) is 0 Å². The van der Waals surface area contributed by atoms with Crippen molar-refractivity contribution < 1.29 is 4.42 Å². The molecular weight excluding hydrogens is 320 g/mol. The van der Waals surface area contributed by atoms with E-state index in [9.17, 15) is 0 Å². The number of benzene rings is 2. The Labute approximate surface area is 146 Å². The maximum Gasteiger partial charge on any atom is 0.229 e. The number of hydrogen-bond acceptors (Lipinski definition) is 3. The van der Waals surface area contributed by atoms with Gasteiger partial charge in [-0.15, -0.1) is 0 Å². The summed E-state index contributed by atoms with van der Waals surface area (Å²) in [6.45, 7) is 2.04. The molecule has 1 saturated heterocycles. The van der Waals surface area contributed by atoms with Crippen LogP contribution in [0.4, 0.5) is 5.88 Å². The van der Waals surface area contributed by atoms with Crippen molar-refractivity contribution in [2.75, 3.05) is 18.0 Å². The van der Waals surface area contributed by atoms with E-state index in [2.05, 4.69) is 17.0 Å². The van der Waals surface area contributed by atoms with Crippen molar-refractivity contribution in [3.05, 3.63) is 59.6 Å². The number of aromatic nitrogens is 1. The summed E-state index contributed by atoms with van der Waals surface area (Å²) in [5.41, 5.74) is 2.89. The van der Waals surface area contributed by atoms with Gasteiger partial charge in [0.2, 0.25) is 11.8 Å². The maximum absolute atomic E-state index is 6.21. The number of oxazole rings is 1. The van der Waals surface area contributed by atoms with Gasteiger partial charge in [0.25, 0.3) is 0 Å². The Hall–Kier alpha value is -2.26. The summed E-state index contributed by atoms with van der Waals surface area (Å²) in [6.07, 6.45) is 3.68. The Morgan fingerprint density at radius 1 is 0.875 bits per heavy atom. The third-order valence-corrected chi connectivity index (χ3v) is 4.61. The zero-order chi connectivity index (χ0) is 16.4. The second kappa shape index (κ2) is 6.70. The molecular formula is C20H19ClN2O. The molecule has 0 spiro atoms. The fourth-order valence-electron chi connectivity index (χ4n) is 3.15. The molecule has 1 aliphatic heterocycles. The third-order valence-electron chi connectivity index (χ3n) is 4.37. The SMILES string of the molecule is Clc1cccc(-c2nc(-c3ccccc3)c(N3CCCCC3)o2)c1. The molecule has 2 heterocycles. The highest BCUT2D eigenvalue weighted by Crippen LogP contribution is 2.36. The largest absolute Gasteiger partial charge is 0.420 e. The lowest BCUT2D eigenvalue weighted by Gasteiger charge is -2.26. The minimum absolute atomic E-state index is 0.622. The van der Waals surface area contributed by atoms with Crippen LogP contribution in [0.25, 0.3) is 22.7 Å². The Bertz CT molecular complexity index is 823. The van der Waals surface area contributed by atoms with Gasteiger partial charge < -0.3 is 9.32 Å². The standard InChI is InChI=1S/C20H19ClN2O/c21-17-11-7-10-16(14-17)19-22-18(15-8-3-1-4-9-15)20(24-19)23-12-5-2-6-13-23/h1,3-4,7-11,14H,2,5-6,12-13H2. The summed E-state index contributed by atoms with van der Waals surface area (Å²) < 4.78 is 6.21. The van der Waals surface area contributed by atoms with Crippen molar-refractivity contribution in [2.45, 2.75) is 19.3 Å². The molecule has 0 N–H and O–H groups in total. The smallest absolute Gasteiger partial charge is 0.229 e. The van der Waals surface area contributed by atoms with Crippen molar-refractivity contribution >= 4 is 17.5 Å². The first-order valence-electron chi connectivity index (χ1n) is 8.38. The number of anilines is 1. The van der Waals surface area contributed by atoms with E-state index < -0.39 is 0 Å². The quantitative estimate of drug-likeness (QED) is 0.617. The number of hydrogen-bond donors (Lipinski definition) is 0. The van der Waals surface area contributed by atoms with Crippen LogP contribution in [0.2, 0.25) is 5.02 Å². The van der Waals surface area contributed by atoms with Crippen LogP contribution in [0.15, 0.2) is 59.0 Å². The zero-order valence-electron chi connectivity index (χ0n) is 13.4. The van der Waals surface area contributed by atoms with Crippen LogP contribution in [0.1, 0.15) is 19.3 Å². The molecule has 0 saturated carbocycles. The molecule has 2 aromatic carbocycles. The van der Waals surface area contributed by atoms with Gasteiger partial charge in [-0.2, -0.15) is 0 Å². The van der Waals surface area contributed by atoms with Crippen molar-refractivity contribution in [3.8, 4) is 22.7 Å². The van der Waals surface area contributed by atoms with Crippen LogP contribution < -0.4 is 4.90 Å². The van der Waals surface area contributed by atoms with E-state index in [1.807, 2.05) is 42.5 Å². The summed E-state index contributed by atoms with van der Waals surface area (Å²) in [6, 6.07) is 17.9. The van der Waals surface area contributed by atoms with E-state index in [0.29, 0.717) is 10.9 Å². The summed E-state index contributed by atoms with van der Waals surface area (Å²) in [5.74, 6) is 1.49. The van der Waals surface area contributed by atoms with Gasteiger partial charge in [-0.05, 0) is 37.5 Å². The number of halogens is 1. The highest BCUT2D eigenvalue weighted by molar-refractivity contribution is 6.30. The lowest BCUT2D eigenvalue weighted by atomic mass is 10.1. The molecule has 0 bridgehead atoms. The summed E-state index contributed by atoms with van der Waals surface area (Å²) >= 11 is 6.13. The van der Waals surface area contributed by atoms with Gasteiger partial charge >= 0.3 is 0 Å². The molecule has 1 aromatic heterocycles. The van der Waals surface area contributed by atoms with Crippen molar-refractivity contribution in [3.63, 3.8) is 0 Å². The van der Waals surface area contributed by atoms with Gasteiger partial charge in [-0.25, -0.2) is 4.98 Å². The molecule has 0 unspecified atom stereocenters. The summed E-state index contributed by atoms with van der Waals surface area (Å²) in [7, 11) is 0. The predicted octanol–water partition coefficient (Wildman–Crippen LogP) is 5.65. The Kier molecular flexibility index (Phi) is 4.26. The monoisotopic (exact) mass is 338 g/mol. The van der Waals surface area contributed by atoms with Crippen LogP contribution >= 0.6 is 11.6 Å². The second-order valence-electron chi connectivity index (χ2n) is 6.10. The first-order valence-corrected chi connectivity index (χ1v) is 8.76. The van der Waals surface area contributed by atoms with Gasteiger partial charge in [0.1, 0.15) is 5.69 Å². The fraction of sp³-hybridized carbons (Fsp3) is 0.250. The molecule has 24 heavy (non-hydrogen) atoms. The third kappa shape index (κ3) is 3.04. The van der Waals surface area contributed by atoms with Crippen molar-refractivity contribution in [1.29, 1.82) is 0 Å². The Balaban J connectivity index is 1.81. The van der Waals surface area contributed by atoms with E-state index >= 15 is 0 Å². The maximum atomic E-state index is 6.21. The molecule has 1 fully saturated rings. The zero-order valence-corrected chi connectivity index (χ0v) is 14.2. The van der Waals surface area contributed by atoms with E-state index in [-0.39, 0.29) is 0 Å². The minimum Gasteiger partial charge on any atom is -0.420 e. The predicted molar refractivity (Wildman–Crippen MR) is 98.4 cm³/mol. The average Bonchev–Trinajstić information content (AvgIpc) is 3.09. The topological polar surface area (TPSA) is 29.3 Å². The van der Waals surface area contributed by atoms with Crippen molar-refractivity contribution in [1.82, 2.24) is 4.98 Å². The van der Waals surface area contributed by atoms with Gasteiger partial charge in [0.05, 0.1) is 0 Å². The van der Waals surface area contributed by atoms with Gasteiger partial charge in [-0.1, -0.05) is 48.0 Å². The molecule has 3 nitrogen and oxygen atoms in total. The van der Waals surface area contributed by atoms with E-state index in [0.717, 1.165) is 35.8 Å². The lowest BCUT2D eigenvalue weighted by Crippen LogP contribution is -2.29. The minimum atomic E-state index is 0.622.